The molecule has 2 rings (SSSR count). The minimum atomic E-state index is -0.0901. The largest absolute Gasteiger partial charge is 0.497 e. The van der Waals surface area contributed by atoms with Gasteiger partial charge in [-0.05, 0) is 53.2 Å². The number of carbonyl (C=O) groups is 1. The number of rotatable bonds is 4. The first-order valence-electron chi connectivity index (χ1n) is 5.59. The normalized spacial score (nSPS) is 10.1. The average Bonchev–Trinajstić information content (AvgIpc) is 2.41. The number of aromatic nitrogens is 1. The Morgan fingerprint density at radius 1 is 1.32 bits per heavy atom. The van der Waals surface area contributed by atoms with Crippen molar-refractivity contribution in [1.82, 2.24) is 4.98 Å². The Kier molecular flexibility index (Phi) is 4.16. The third-order valence-electron chi connectivity index (χ3n) is 2.50. The van der Waals surface area contributed by atoms with Crippen LogP contribution in [0.25, 0.3) is 0 Å². The van der Waals surface area contributed by atoms with Crippen molar-refractivity contribution in [3.8, 4) is 17.4 Å². The molecule has 19 heavy (non-hydrogen) atoms. The van der Waals surface area contributed by atoms with Gasteiger partial charge in [0.2, 0.25) is 5.88 Å². The zero-order valence-corrected chi connectivity index (χ0v) is 12.1. The van der Waals surface area contributed by atoms with E-state index in [1.807, 2.05) is 0 Å². The lowest BCUT2D eigenvalue weighted by Crippen LogP contribution is -1.99. The highest BCUT2D eigenvalue weighted by molar-refractivity contribution is 9.10. The molecule has 0 bridgehead atoms. The third kappa shape index (κ3) is 3.12. The minimum absolute atomic E-state index is 0.0901. The fourth-order valence-corrected chi connectivity index (χ4v) is 1.97. The number of Topliss-reactive ketones (excluding diaryl/α,β-unsaturated/α-hetero) is 1. The Balaban J connectivity index is 2.34. The number of nitrogens with zero attached hydrogens (tertiary/aromatic N) is 1. The van der Waals surface area contributed by atoms with Crippen molar-refractivity contribution in [3.05, 3.63) is 46.6 Å². The van der Waals surface area contributed by atoms with E-state index in [9.17, 15) is 4.79 Å². The molecule has 98 valence electrons. The van der Waals surface area contributed by atoms with Gasteiger partial charge in [-0.1, -0.05) is 0 Å². The molecule has 0 unspecified atom stereocenters. The smallest absolute Gasteiger partial charge is 0.230 e. The molecule has 0 spiro atoms. The highest BCUT2D eigenvalue weighted by Crippen LogP contribution is 2.33. The lowest BCUT2D eigenvalue weighted by Gasteiger charge is -2.10. The summed E-state index contributed by atoms with van der Waals surface area (Å²) in [5.74, 6) is 1.49. The van der Waals surface area contributed by atoms with Gasteiger partial charge in [0.25, 0.3) is 0 Å². The molecule has 0 saturated carbocycles. The molecular weight excluding hydrogens is 310 g/mol. The molecule has 0 aliphatic heterocycles. The van der Waals surface area contributed by atoms with Gasteiger partial charge in [-0.2, -0.15) is 0 Å². The number of carbonyl (C=O) groups excluding carboxylic acids is 1. The number of halogens is 1. The van der Waals surface area contributed by atoms with Gasteiger partial charge in [-0.25, -0.2) is 4.98 Å². The highest BCUT2D eigenvalue weighted by Gasteiger charge is 2.12. The maximum absolute atomic E-state index is 11.5. The first kappa shape index (κ1) is 13.5. The molecule has 1 aromatic heterocycles. The quantitative estimate of drug-likeness (QED) is 0.802. The van der Waals surface area contributed by atoms with Crippen LogP contribution < -0.4 is 9.47 Å². The fourth-order valence-electron chi connectivity index (χ4n) is 1.54. The predicted molar refractivity (Wildman–Crippen MR) is 75.0 cm³/mol. The number of benzene rings is 1. The molecule has 5 heteroatoms. The predicted octanol–water partition coefficient (Wildman–Crippen LogP) is 3.85. The second kappa shape index (κ2) is 5.84. The van der Waals surface area contributed by atoms with E-state index < -0.39 is 0 Å². The molecule has 1 aromatic carbocycles. The van der Waals surface area contributed by atoms with Gasteiger partial charge in [0.1, 0.15) is 11.5 Å². The number of pyridine rings is 1. The van der Waals surface area contributed by atoms with Gasteiger partial charge < -0.3 is 9.47 Å². The summed E-state index contributed by atoms with van der Waals surface area (Å²) in [7, 11) is 1.59. The third-order valence-corrected chi connectivity index (χ3v) is 3.12. The van der Waals surface area contributed by atoms with Crippen LogP contribution in [0.2, 0.25) is 0 Å². The molecular formula is C14H12BrNO3. The van der Waals surface area contributed by atoms with Gasteiger partial charge in [0, 0.05) is 6.20 Å². The lowest BCUT2D eigenvalue weighted by molar-refractivity contribution is 0.101. The zero-order valence-electron chi connectivity index (χ0n) is 10.5. The zero-order chi connectivity index (χ0) is 13.8. The van der Waals surface area contributed by atoms with Crippen LogP contribution in [0.3, 0.4) is 0 Å². The summed E-state index contributed by atoms with van der Waals surface area (Å²) >= 11 is 3.39. The Labute approximate surface area is 119 Å². The number of ketones is 1. The number of hydrogen-bond acceptors (Lipinski definition) is 4. The molecule has 0 saturated heterocycles. The first-order valence-corrected chi connectivity index (χ1v) is 6.38. The van der Waals surface area contributed by atoms with E-state index in [1.165, 1.54) is 6.92 Å². The van der Waals surface area contributed by atoms with Gasteiger partial charge in [-0.3, -0.25) is 4.79 Å². The van der Waals surface area contributed by atoms with Gasteiger partial charge in [0.15, 0.2) is 5.78 Å². The Hall–Kier alpha value is -1.88. The molecule has 0 fully saturated rings. The molecule has 0 atom stereocenters. The summed E-state index contributed by atoms with van der Waals surface area (Å²) < 4.78 is 11.5. The molecule has 0 aliphatic rings. The van der Waals surface area contributed by atoms with Crippen LogP contribution in [-0.2, 0) is 0 Å². The molecule has 4 nitrogen and oxygen atoms in total. The van der Waals surface area contributed by atoms with E-state index in [4.69, 9.17) is 9.47 Å². The van der Waals surface area contributed by atoms with Crippen LogP contribution in [0, 0.1) is 0 Å². The Bertz CT molecular complexity index is 613. The Morgan fingerprint density at radius 3 is 2.74 bits per heavy atom. The first-order chi connectivity index (χ1) is 9.11. The molecule has 2 aromatic rings. The van der Waals surface area contributed by atoms with Crippen LogP contribution in [0.5, 0.6) is 17.4 Å². The van der Waals surface area contributed by atoms with Crippen LogP contribution in [0.1, 0.15) is 17.3 Å². The summed E-state index contributed by atoms with van der Waals surface area (Å²) in [6, 6.07) is 8.69. The van der Waals surface area contributed by atoms with Crippen LogP contribution in [-0.4, -0.2) is 17.9 Å². The number of hydrogen-bond donors (Lipinski definition) is 0. The van der Waals surface area contributed by atoms with Gasteiger partial charge in [-0.15, -0.1) is 0 Å². The summed E-state index contributed by atoms with van der Waals surface area (Å²) in [6.45, 7) is 1.48. The van der Waals surface area contributed by atoms with Crippen molar-refractivity contribution in [1.29, 1.82) is 0 Å². The van der Waals surface area contributed by atoms with Crippen molar-refractivity contribution >= 4 is 21.7 Å². The maximum atomic E-state index is 11.5. The highest BCUT2D eigenvalue weighted by atomic mass is 79.9. The monoisotopic (exact) mass is 321 g/mol. The van der Waals surface area contributed by atoms with E-state index in [-0.39, 0.29) is 5.78 Å². The second-order valence-corrected chi connectivity index (χ2v) is 4.67. The summed E-state index contributed by atoms with van der Waals surface area (Å²) in [4.78, 5) is 15.6. The average molecular weight is 322 g/mol. The van der Waals surface area contributed by atoms with E-state index in [1.54, 1.807) is 43.6 Å². The second-order valence-electron chi connectivity index (χ2n) is 3.81. The van der Waals surface area contributed by atoms with Crippen molar-refractivity contribution in [2.45, 2.75) is 6.92 Å². The maximum Gasteiger partial charge on any atom is 0.230 e. The number of methoxy groups -OCH3 is 1. The lowest BCUT2D eigenvalue weighted by atomic mass is 10.2. The molecule has 0 amide bonds. The van der Waals surface area contributed by atoms with Crippen molar-refractivity contribution in [2.24, 2.45) is 0 Å². The number of ether oxygens (including phenoxy) is 2. The van der Waals surface area contributed by atoms with Crippen LogP contribution in [0.4, 0.5) is 0 Å². The minimum Gasteiger partial charge on any atom is -0.497 e. The van der Waals surface area contributed by atoms with E-state index in [2.05, 4.69) is 20.9 Å². The van der Waals surface area contributed by atoms with Crippen molar-refractivity contribution < 1.29 is 14.3 Å². The molecule has 0 radical (unpaired) electrons. The summed E-state index contributed by atoms with van der Waals surface area (Å²) in [6.07, 6.45) is 1.58. The summed E-state index contributed by atoms with van der Waals surface area (Å²) in [5.41, 5.74) is 0.449. The van der Waals surface area contributed by atoms with E-state index in [0.29, 0.717) is 22.9 Å². The fraction of sp³-hybridized carbons (Fsp3) is 0.143. The molecule has 0 aliphatic carbocycles. The standard InChI is InChI=1S/C14H12BrNO3/c1-9(17)11-4-3-7-16-14(11)19-13-6-5-10(18-2)8-12(13)15/h3-8H,1-2H3. The van der Waals surface area contributed by atoms with Crippen LogP contribution >= 0.6 is 15.9 Å². The van der Waals surface area contributed by atoms with Crippen molar-refractivity contribution in [2.75, 3.05) is 7.11 Å². The van der Waals surface area contributed by atoms with E-state index >= 15 is 0 Å². The Morgan fingerprint density at radius 2 is 2.11 bits per heavy atom. The SMILES string of the molecule is COc1ccc(Oc2ncccc2C(C)=O)c(Br)c1. The molecule has 1 heterocycles. The summed E-state index contributed by atoms with van der Waals surface area (Å²) in [5, 5.41) is 0. The molecule has 0 N–H and O–H groups in total. The van der Waals surface area contributed by atoms with Gasteiger partial charge >= 0.3 is 0 Å². The van der Waals surface area contributed by atoms with E-state index in [0.717, 1.165) is 4.47 Å². The van der Waals surface area contributed by atoms with Crippen molar-refractivity contribution in [3.63, 3.8) is 0 Å². The van der Waals surface area contributed by atoms with Gasteiger partial charge in [0.05, 0.1) is 17.1 Å². The van der Waals surface area contributed by atoms with Crippen LogP contribution in [0.15, 0.2) is 41.0 Å². The topological polar surface area (TPSA) is 48.4 Å².